The van der Waals surface area contributed by atoms with Gasteiger partial charge in [0.2, 0.25) is 0 Å². The molecule has 1 aromatic carbocycles. The lowest BCUT2D eigenvalue weighted by molar-refractivity contribution is 0.354. The van der Waals surface area contributed by atoms with Gasteiger partial charge in [-0.3, -0.25) is 4.99 Å². The molecule has 0 aromatic heterocycles. The minimum absolute atomic E-state index is 0.625. The average molecular weight is 296 g/mol. The van der Waals surface area contributed by atoms with E-state index in [1.165, 1.54) is 0 Å². The van der Waals surface area contributed by atoms with Crippen LogP contribution < -0.4 is 15.2 Å². The van der Waals surface area contributed by atoms with Gasteiger partial charge in [0, 0.05) is 12.3 Å². The molecule has 0 aliphatic rings. The summed E-state index contributed by atoms with van der Waals surface area (Å²) in [7, 11) is 3.27. The molecule has 0 bridgehead atoms. The molecule has 0 saturated heterocycles. The molecule has 0 heterocycles. The molecule has 0 radical (unpaired) electrons. The highest BCUT2D eigenvalue weighted by Crippen LogP contribution is 2.27. The van der Waals surface area contributed by atoms with Crippen molar-refractivity contribution in [2.24, 2.45) is 16.6 Å². The number of aliphatic imine (C=N–C) groups is 1. The molecule has 0 fully saturated rings. The van der Waals surface area contributed by atoms with Crippen LogP contribution in [0.1, 0.15) is 19.4 Å². The normalized spacial score (nSPS) is 11.8. The number of hydrogen-bond acceptors (Lipinski definition) is 4. The number of nitrogens with two attached hydrogens (primary N) is 1. The monoisotopic (exact) mass is 296 g/mol. The second kappa shape index (κ2) is 8.74. The quantitative estimate of drug-likeness (QED) is 0.621. The van der Waals surface area contributed by atoms with Crippen molar-refractivity contribution in [3.63, 3.8) is 0 Å². The summed E-state index contributed by atoms with van der Waals surface area (Å²) in [5, 5.41) is 0.666. The maximum atomic E-state index is 5.86. The number of ether oxygens (including phenoxy) is 2. The molecule has 2 N–H and O–H groups in total. The Balaban J connectivity index is 2.51. The van der Waals surface area contributed by atoms with Crippen LogP contribution in [0.15, 0.2) is 23.2 Å². The van der Waals surface area contributed by atoms with E-state index < -0.39 is 0 Å². The largest absolute Gasteiger partial charge is 0.493 e. The number of rotatable bonds is 7. The van der Waals surface area contributed by atoms with Crippen LogP contribution in [0.3, 0.4) is 0 Å². The zero-order chi connectivity index (χ0) is 15.0. The highest BCUT2D eigenvalue weighted by Gasteiger charge is 2.04. The Hall–Kier alpha value is -1.36. The van der Waals surface area contributed by atoms with Crippen LogP contribution in [0.2, 0.25) is 0 Å². The van der Waals surface area contributed by atoms with Gasteiger partial charge in [0.15, 0.2) is 16.7 Å². The van der Waals surface area contributed by atoms with Crippen LogP contribution in [0.4, 0.5) is 0 Å². The van der Waals surface area contributed by atoms with Crippen molar-refractivity contribution in [2.75, 3.05) is 26.5 Å². The summed E-state index contributed by atoms with van der Waals surface area (Å²) >= 11 is 1.62. The predicted octanol–water partition coefficient (Wildman–Crippen LogP) is 2.95. The summed E-state index contributed by atoms with van der Waals surface area (Å²) in [6, 6.07) is 5.91. The SMILES string of the molecule is COc1ccc(CCN=C(N)SCC(C)C)cc1OC. The Labute approximate surface area is 125 Å². The third kappa shape index (κ3) is 5.74. The summed E-state index contributed by atoms with van der Waals surface area (Å²) in [5.41, 5.74) is 7.02. The molecule has 0 aliphatic heterocycles. The number of nitrogens with zero attached hydrogens (tertiary/aromatic N) is 1. The van der Waals surface area contributed by atoms with Gasteiger partial charge < -0.3 is 15.2 Å². The number of hydrogen-bond donors (Lipinski definition) is 1. The first-order valence-corrected chi connectivity index (χ1v) is 7.69. The van der Waals surface area contributed by atoms with Crippen LogP contribution >= 0.6 is 11.8 Å². The smallest absolute Gasteiger partial charge is 0.160 e. The van der Waals surface area contributed by atoms with Gasteiger partial charge in [0.05, 0.1) is 14.2 Å². The first-order valence-electron chi connectivity index (χ1n) is 6.70. The summed E-state index contributed by atoms with van der Waals surface area (Å²) in [5.74, 6) is 3.12. The van der Waals surface area contributed by atoms with Crippen molar-refractivity contribution in [1.82, 2.24) is 0 Å². The molecule has 0 unspecified atom stereocenters. The highest BCUT2D eigenvalue weighted by molar-refractivity contribution is 8.13. The van der Waals surface area contributed by atoms with Gasteiger partial charge in [-0.25, -0.2) is 0 Å². The fourth-order valence-electron chi connectivity index (χ4n) is 1.63. The molecule has 1 rings (SSSR count). The third-order valence-electron chi connectivity index (χ3n) is 2.68. The van der Waals surface area contributed by atoms with Gasteiger partial charge >= 0.3 is 0 Å². The fourth-order valence-corrected chi connectivity index (χ4v) is 2.32. The maximum absolute atomic E-state index is 5.86. The molecule has 0 spiro atoms. The molecule has 112 valence electrons. The zero-order valence-electron chi connectivity index (χ0n) is 12.7. The zero-order valence-corrected chi connectivity index (χ0v) is 13.5. The third-order valence-corrected chi connectivity index (χ3v) is 3.94. The first kappa shape index (κ1) is 16.7. The minimum Gasteiger partial charge on any atom is -0.493 e. The fraction of sp³-hybridized carbons (Fsp3) is 0.533. The van der Waals surface area contributed by atoms with Gasteiger partial charge in [0.25, 0.3) is 0 Å². The molecule has 0 atom stereocenters. The van der Waals surface area contributed by atoms with E-state index >= 15 is 0 Å². The molecule has 0 aliphatic carbocycles. The summed E-state index contributed by atoms with van der Waals surface area (Å²) in [6.45, 7) is 5.03. The standard InChI is InChI=1S/C15H24N2O2S/c1-11(2)10-20-15(16)17-8-7-12-5-6-13(18-3)14(9-12)19-4/h5-6,9,11H,7-8,10H2,1-4H3,(H2,16,17). The van der Waals surface area contributed by atoms with Crippen molar-refractivity contribution in [3.05, 3.63) is 23.8 Å². The highest BCUT2D eigenvalue weighted by atomic mass is 32.2. The number of thioether (sulfide) groups is 1. The van der Waals surface area contributed by atoms with Crippen LogP contribution in [-0.4, -0.2) is 31.7 Å². The molecule has 5 heteroatoms. The number of benzene rings is 1. The Morgan fingerprint density at radius 1 is 1.25 bits per heavy atom. The average Bonchev–Trinajstić information content (AvgIpc) is 2.44. The minimum atomic E-state index is 0.625. The van der Waals surface area contributed by atoms with E-state index in [9.17, 15) is 0 Å². The van der Waals surface area contributed by atoms with E-state index in [1.807, 2.05) is 18.2 Å². The van der Waals surface area contributed by atoms with Gasteiger partial charge in [0.1, 0.15) is 0 Å². The predicted molar refractivity (Wildman–Crippen MR) is 87.0 cm³/mol. The molecule has 0 saturated carbocycles. The summed E-state index contributed by atoms with van der Waals surface area (Å²) < 4.78 is 10.5. The lowest BCUT2D eigenvalue weighted by atomic mass is 10.1. The first-order chi connectivity index (χ1) is 9.56. The van der Waals surface area contributed by atoms with Crippen LogP contribution in [0.5, 0.6) is 11.5 Å². The summed E-state index contributed by atoms with van der Waals surface area (Å²) in [4.78, 5) is 4.37. The van der Waals surface area contributed by atoms with Crippen LogP contribution in [0.25, 0.3) is 0 Å². The molecule has 20 heavy (non-hydrogen) atoms. The Kier molecular flexibility index (Phi) is 7.30. The molecular formula is C15H24N2O2S. The summed E-state index contributed by atoms with van der Waals surface area (Å²) in [6.07, 6.45) is 0.837. The van der Waals surface area contributed by atoms with E-state index in [-0.39, 0.29) is 0 Å². The lowest BCUT2D eigenvalue weighted by Crippen LogP contribution is -2.10. The maximum Gasteiger partial charge on any atom is 0.160 e. The van der Waals surface area contributed by atoms with Gasteiger partial charge in [-0.1, -0.05) is 31.7 Å². The van der Waals surface area contributed by atoms with Crippen molar-refractivity contribution in [1.29, 1.82) is 0 Å². The van der Waals surface area contributed by atoms with Crippen molar-refractivity contribution in [2.45, 2.75) is 20.3 Å². The van der Waals surface area contributed by atoms with E-state index in [4.69, 9.17) is 15.2 Å². The Morgan fingerprint density at radius 3 is 2.55 bits per heavy atom. The van der Waals surface area contributed by atoms with Crippen LogP contribution in [0, 0.1) is 5.92 Å². The Bertz CT molecular complexity index is 447. The number of methoxy groups -OCH3 is 2. The van der Waals surface area contributed by atoms with E-state index in [0.717, 1.165) is 29.2 Å². The Morgan fingerprint density at radius 2 is 1.95 bits per heavy atom. The van der Waals surface area contributed by atoms with E-state index in [0.29, 0.717) is 17.6 Å². The molecule has 4 nitrogen and oxygen atoms in total. The number of amidine groups is 1. The van der Waals surface area contributed by atoms with Crippen molar-refractivity contribution < 1.29 is 9.47 Å². The van der Waals surface area contributed by atoms with Crippen molar-refractivity contribution in [3.8, 4) is 11.5 Å². The van der Waals surface area contributed by atoms with Gasteiger partial charge in [-0.15, -0.1) is 0 Å². The van der Waals surface area contributed by atoms with Crippen molar-refractivity contribution >= 4 is 16.9 Å². The molecule has 1 aromatic rings. The van der Waals surface area contributed by atoms with E-state index in [2.05, 4.69) is 18.8 Å². The van der Waals surface area contributed by atoms with Gasteiger partial charge in [-0.05, 0) is 30.0 Å². The van der Waals surface area contributed by atoms with Gasteiger partial charge in [-0.2, -0.15) is 0 Å². The van der Waals surface area contributed by atoms with E-state index in [1.54, 1.807) is 26.0 Å². The second-order valence-corrected chi connectivity index (χ2v) is 5.90. The second-order valence-electron chi connectivity index (χ2n) is 4.86. The lowest BCUT2D eigenvalue weighted by Gasteiger charge is -2.09. The molecule has 0 amide bonds. The topological polar surface area (TPSA) is 56.8 Å². The molecular weight excluding hydrogens is 272 g/mol. The van der Waals surface area contributed by atoms with Crippen LogP contribution in [-0.2, 0) is 6.42 Å².